The fraction of sp³-hybridized carbons (Fsp3) is 0.273. The van der Waals surface area contributed by atoms with E-state index in [1.165, 1.54) is 13.2 Å². The molecule has 0 saturated carbocycles. The number of aromatic nitrogens is 1. The third-order valence-electron chi connectivity index (χ3n) is 2.54. The number of hydrazine groups is 1. The molecular weight excluding hydrogens is 236 g/mol. The fourth-order valence-corrected chi connectivity index (χ4v) is 1.64. The number of carbonyl (C=O) groups excluding carboxylic acids is 3. The summed E-state index contributed by atoms with van der Waals surface area (Å²) in [6.45, 7) is 0. The van der Waals surface area contributed by atoms with Gasteiger partial charge in [-0.25, -0.2) is 4.98 Å². The standard InChI is InChI=1S/C11H12N4O3/c1-15-11(18)7(10(17)14-15)6-9(16)13-8-4-2-3-5-12-8/h2-5,7H,6H2,1H3,(H,14,17)(H,12,13,16). The zero-order valence-electron chi connectivity index (χ0n) is 9.71. The number of rotatable bonds is 3. The molecule has 0 bridgehead atoms. The van der Waals surface area contributed by atoms with E-state index < -0.39 is 23.6 Å². The first-order valence-corrected chi connectivity index (χ1v) is 5.37. The third kappa shape index (κ3) is 2.45. The Kier molecular flexibility index (Phi) is 3.22. The van der Waals surface area contributed by atoms with E-state index in [4.69, 9.17) is 0 Å². The van der Waals surface area contributed by atoms with Gasteiger partial charge in [0.1, 0.15) is 11.7 Å². The first kappa shape index (κ1) is 12.0. The molecule has 2 heterocycles. The lowest BCUT2D eigenvalue weighted by Gasteiger charge is -2.07. The van der Waals surface area contributed by atoms with Gasteiger partial charge in [-0.05, 0) is 12.1 Å². The number of nitrogens with zero attached hydrogens (tertiary/aromatic N) is 2. The molecule has 1 aromatic rings. The largest absolute Gasteiger partial charge is 0.311 e. The molecule has 1 fully saturated rings. The Hall–Kier alpha value is -2.44. The van der Waals surface area contributed by atoms with Gasteiger partial charge in [0.15, 0.2) is 0 Å². The number of hydrogen-bond acceptors (Lipinski definition) is 4. The molecule has 1 aromatic heterocycles. The molecule has 3 amide bonds. The molecule has 94 valence electrons. The monoisotopic (exact) mass is 248 g/mol. The molecule has 7 nitrogen and oxygen atoms in total. The Morgan fingerprint density at radius 3 is 2.83 bits per heavy atom. The van der Waals surface area contributed by atoms with Crippen LogP contribution in [0.3, 0.4) is 0 Å². The normalized spacial score (nSPS) is 18.7. The first-order chi connectivity index (χ1) is 8.58. The second kappa shape index (κ2) is 4.82. The minimum absolute atomic E-state index is 0.189. The van der Waals surface area contributed by atoms with E-state index >= 15 is 0 Å². The molecule has 0 radical (unpaired) electrons. The van der Waals surface area contributed by atoms with Crippen molar-refractivity contribution in [3.63, 3.8) is 0 Å². The predicted octanol–water partition coefficient (Wildman–Crippen LogP) is -0.470. The van der Waals surface area contributed by atoms with E-state index in [-0.39, 0.29) is 6.42 Å². The Labute approximate surface area is 103 Å². The van der Waals surface area contributed by atoms with Crippen LogP contribution in [0.2, 0.25) is 0 Å². The maximum atomic E-state index is 11.7. The van der Waals surface area contributed by atoms with Crippen LogP contribution in [0.1, 0.15) is 6.42 Å². The van der Waals surface area contributed by atoms with E-state index in [0.29, 0.717) is 5.82 Å². The molecule has 1 atom stereocenters. The van der Waals surface area contributed by atoms with Crippen LogP contribution in [0.25, 0.3) is 0 Å². The predicted molar refractivity (Wildman–Crippen MR) is 61.9 cm³/mol. The van der Waals surface area contributed by atoms with Gasteiger partial charge < -0.3 is 5.32 Å². The molecule has 2 rings (SSSR count). The van der Waals surface area contributed by atoms with Gasteiger partial charge in [-0.15, -0.1) is 0 Å². The van der Waals surface area contributed by atoms with Crippen LogP contribution in [0.5, 0.6) is 0 Å². The lowest BCUT2D eigenvalue weighted by atomic mass is 10.1. The van der Waals surface area contributed by atoms with Crippen LogP contribution in [-0.4, -0.2) is 34.8 Å². The summed E-state index contributed by atoms with van der Waals surface area (Å²) >= 11 is 0. The van der Waals surface area contributed by atoms with Gasteiger partial charge in [0.25, 0.3) is 11.8 Å². The lowest BCUT2D eigenvalue weighted by molar-refractivity contribution is -0.134. The van der Waals surface area contributed by atoms with Gasteiger partial charge in [0.05, 0.1) is 0 Å². The molecule has 0 aromatic carbocycles. The van der Waals surface area contributed by atoms with E-state index in [9.17, 15) is 14.4 Å². The van der Waals surface area contributed by atoms with Crippen LogP contribution >= 0.6 is 0 Å². The van der Waals surface area contributed by atoms with Crippen LogP contribution in [-0.2, 0) is 14.4 Å². The van der Waals surface area contributed by atoms with Crippen molar-refractivity contribution in [2.45, 2.75) is 6.42 Å². The van der Waals surface area contributed by atoms with Gasteiger partial charge in [-0.2, -0.15) is 0 Å². The fourth-order valence-electron chi connectivity index (χ4n) is 1.64. The van der Waals surface area contributed by atoms with E-state index in [1.54, 1.807) is 18.2 Å². The summed E-state index contributed by atoms with van der Waals surface area (Å²) in [4.78, 5) is 38.5. The van der Waals surface area contributed by atoms with Gasteiger partial charge >= 0.3 is 0 Å². The minimum atomic E-state index is -0.960. The van der Waals surface area contributed by atoms with Gasteiger partial charge in [-0.1, -0.05) is 6.07 Å². The van der Waals surface area contributed by atoms with Crippen molar-refractivity contribution in [2.24, 2.45) is 5.92 Å². The average Bonchev–Trinajstić information content (AvgIpc) is 2.57. The van der Waals surface area contributed by atoms with Crippen molar-refractivity contribution in [1.29, 1.82) is 0 Å². The Morgan fingerprint density at radius 2 is 2.28 bits per heavy atom. The number of anilines is 1. The summed E-state index contributed by atoms with van der Waals surface area (Å²) in [5, 5.41) is 3.61. The van der Waals surface area contributed by atoms with Crippen molar-refractivity contribution in [3.05, 3.63) is 24.4 Å². The SMILES string of the molecule is CN1NC(=O)C(CC(=O)Nc2ccccn2)C1=O. The molecule has 18 heavy (non-hydrogen) atoms. The van der Waals surface area contributed by atoms with Crippen LogP contribution < -0.4 is 10.7 Å². The number of nitrogens with one attached hydrogen (secondary N) is 2. The van der Waals surface area contributed by atoms with Gasteiger partial charge in [0.2, 0.25) is 5.91 Å². The first-order valence-electron chi connectivity index (χ1n) is 5.37. The zero-order chi connectivity index (χ0) is 13.1. The molecule has 1 unspecified atom stereocenters. The Balaban J connectivity index is 1.96. The molecule has 7 heteroatoms. The number of pyridine rings is 1. The number of amides is 3. The second-order valence-corrected chi connectivity index (χ2v) is 3.89. The van der Waals surface area contributed by atoms with Crippen molar-refractivity contribution >= 4 is 23.5 Å². The maximum Gasteiger partial charge on any atom is 0.253 e. The lowest BCUT2D eigenvalue weighted by Crippen LogP contribution is -2.31. The summed E-state index contributed by atoms with van der Waals surface area (Å²) in [6, 6.07) is 5.07. The Bertz CT molecular complexity index is 488. The summed E-state index contributed by atoms with van der Waals surface area (Å²) < 4.78 is 0. The van der Waals surface area contributed by atoms with Gasteiger partial charge in [-0.3, -0.25) is 24.8 Å². The molecule has 1 aliphatic heterocycles. The van der Waals surface area contributed by atoms with Crippen molar-refractivity contribution in [2.75, 3.05) is 12.4 Å². The number of carbonyl (C=O) groups is 3. The zero-order valence-corrected chi connectivity index (χ0v) is 9.71. The van der Waals surface area contributed by atoms with Crippen LogP contribution in [0.15, 0.2) is 24.4 Å². The minimum Gasteiger partial charge on any atom is -0.311 e. The molecule has 0 spiro atoms. The molecule has 2 N–H and O–H groups in total. The average molecular weight is 248 g/mol. The van der Waals surface area contributed by atoms with Crippen LogP contribution in [0, 0.1) is 5.92 Å². The number of hydrogen-bond donors (Lipinski definition) is 2. The maximum absolute atomic E-state index is 11.7. The van der Waals surface area contributed by atoms with Crippen molar-refractivity contribution < 1.29 is 14.4 Å². The summed E-state index contributed by atoms with van der Waals surface area (Å²) in [5.41, 5.74) is 2.34. The van der Waals surface area contributed by atoms with E-state index in [0.717, 1.165) is 5.01 Å². The van der Waals surface area contributed by atoms with E-state index in [2.05, 4.69) is 15.7 Å². The molecule has 1 saturated heterocycles. The highest BCUT2D eigenvalue weighted by molar-refractivity contribution is 6.08. The smallest absolute Gasteiger partial charge is 0.253 e. The van der Waals surface area contributed by atoms with Gasteiger partial charge in [0, 0.05) is 19.7 Å². The Morgan fingerprint density at radius 1 is 1.50 bits per heavy atom. The summed E-state index contributed by atoms with van der Waals surface area (Å²) in [7, 11) is 1.44. The van der Waals surface area contributed by atoms with Crippen LogP contribution in [0.4, 0.5) is 5.82 Å². The molecular formula is C11H12N4O3. The summed E-state index contributed by atoms with van der Waals surface area (Å²) in [5.74, 6) is -1.85. The second-order valence-electron chi connectivity index (χ2n) is 3.89. The third-order valence-corrected chi connectivity index (χ3v) is 2.54. The van der Waals surface area contributed by atoms with Crippen molar-refractivity contribution in [1.82, 2.24) is 15.4 Å². The van der Waals surface area contributed by atoms with Crippen molar-refractivity contribution in [3.8, 4) is 0 Å². The highest BCUT2D eigenvalue weighted by Gasteiger charge is 2.38. The highest BCUT2D eigenvalue weighted by atomic mass is 16.2. The quantitative estimate of drug-likeness (QED) is 0.707. The highest BCUT2D eigenvalue weighted by Crippen LogP contribution is 2.14. The van der Waals surface area contributed by atoms with E-state index in [1.807, 2.05) is 0 Å². The summed E-state index contributed by atoms with van der Waals surface area (Å²) in [6.07, 6.45) is 1.35. The topological polar surface area (TPSA) is 91.4 Å². The molecule has 0 aliphatic carbocycles. The molecule has 1 aliphatic rings.